The predicted molar refractivity (Wildman–Crippen MR) is 184 cm³/mol. The first-order valence-electron chi connectivity index (χ1n) is 18.8. The molecule has 8 rings (SSSR count). The minimum absolute atomic E-state index is 0.0124. The van der Waals surface area contributed by atoms with Crippen LogP contribution in [0.5, 0.6) is 0 Å². The van der Waals surface area contributed by atoms with Crippen molar-refractivity contribution >= 4 is 19.1 Å². The third-order valence-corrected chi connectivity index (χ3v) is 14.0. The number of nitriles is 1. The molecule has 0 aromatic heterocycles. The summed E-state index contributed by atoms with van der Waals surface area (Å²) in [5, 5.41) is 13.1. The van der Waals surface area contributed by atoms with Crippen LogP contribution >= 0.6 is 0 Å². The Kier molecular flexibility index (Phi) is 9.27. The first kappa shape index (κ1) is 36.5. The van der Waals surface area contributed by atoms with Gasteiger partial charge in [0.05, 0.1) is 35.8 Å². The van der Waals surface area contributed by atoms with Gasteiger partial charge in [-0.1, -0.05) is 26.0 Å². The fourth-order valence-electron chi connectivity index (χ4n) is 10.5. The second kappa shape index (κ2) is 12.9. The van der Waals surface area contributed by atoms with E-state index in [-0.39, 0.29) is 61.8 Å². The van der Waals surface area contributed by atoms with Crippen LogP contribution in [0, 0.1) is 40.3 Å². The number of amides is 2. The molecular weight excluding hydrogens is 660 g/mol. The number of hydrogen-bond donors (Lipinski definition) is 1. The molecule has 2 amide bonds. The normalized spacial score (nSPS) is 34.4. The van der Waals surface area contributed by atoms with E-state index in [1.54, 1.807) is 21.9 Å². The first-order valence-corrected chi connectivity index (χ1v) is 18.8. The molecule has 3 aliphatic carbocycles. The van der Waals surface area contributed by atoms with Gasteiger partial charge in [-0.25, -0.2) is 18.0 Å². The number of ether oxygens (including phenoxy) is 1. The van der Waals surface area contributed by atoms with Crippen LogP contribution in [-0.4, -0.2) is 89.3 Å². The molecule has 9 nitrogen and oxygen atoms in total. The number of nitrogens with zero attached hydrogens (tertiary/aromatic N) is 3. The second-order valence-corrected chi connectivity index (χ2v) is 17.7. The minimum Gasteiger partial charge on any atom is -0.447 e. The molecule has 1 N–H and O–H groups in total. The number of alkyl halides is 2. The Hall–Kier alpha value is -2.82. The Morgan fingerprint density at radius 3 is 2.47 bits per heavy atom. The highest BCUT2D eigenvalue weighted by molar-refractivity contribution is 6.47. The zero-order valence-corrected chi connectivity index (χ0v) is 30.6. The van der Waals surface area contributed by atoms with Crippen molar-refractivity contribution in [1.29, 1.82) is 5.26 Å². The third kappa shape index (κ3) is 6.56. The topological polar surface area (TPSA) is 104 Å². The fourth-order valence-corrected chi connectivity index (χ4v) is 10.5. The van der Waals surface area contributed by atoms with Gasteiger partial charge in [0.1, 0.15) is 18.3 Å². The van der Waals surface area contributed by atoms with E-state index in [0.29, 0.717) is 37.5 Å². The maximum absolute atomic E-state index is 14.0. The molecule has 4 saturated heterocycles. The monoisotopic (exact) mass is 712 g/mol. The molecule has 1 aromatic rings. The van der Waals surface area contributed by atoms with Crippen molar-refractivity contribution < 1.29 is 36.8 Å². The third-order valence-electron chi connectivity index (χ3n) is 14.0. The summed E-state index contributed by atoms with van der Waals surface area (Å²) in [4.78, 5) is 31.1. The summed E-state index contributed by atoms with van der Waals surface area (Å²) in [6.45, 7) is 10.4. The number of likely N-dealkylation sites (tertiary alicyclic amines) is 1. The van der Waals surface area contributed by atoms with Gasteiger partial charge in [0.25, 0.3) is 5.92 Å². The summed E-state index contributed by atoms with van der Waals surface area (Å²) in [6.07, 6.45) is 4.94. The van der Waals surface area contributed by atoms with Crippen molar-refractivity contribution in [2.45, 2.75) is 140 Å². The van der Waals surface area contributed by atoms with Gasteiger partial charge < -0.3 is 24.3 Å². The molecule has 0 radical (unpaired) electrons. The maximum atomic E-state index is 14.0. The van der Waals surface area contributed by atoms with Crippen molar-refractivity contribution in [2.75, 3.05) is 19.7 Å². The van der Waals surface area contributed by atoms with Crippen LogP contribution in [0.15, 0.2) is 24.3 Å². The average molecular weight is 713 g/mol. The van der Waals surface area contributed by atoms with E-state index in [9.17, 15) is 28.0 Å². The Morgan fingerprint density at radius 2 is 1.84 bits per heavy atom. The number of benzene rings is 1. The SMILES string of the molecule is CC1(C)[C@@H]2C[C@H]3OB([C@H](Cc4ccc(F)cc4)NC(=O)OCC45CCC(CC4)N5C(=O)C(C#N)CCC(C)(C)N4CCC(F)(F)C4)O[C@@]3(C)[C@H]1C2. The van der Waals surface area contributed by atoms with Gasteiger partial charge in [-0.3, -0.25) is 9.69 Å². The van der Waals surface area contributed by atoms with E-state index in [1.165, 1.54) is 12.1 Å². The number of hydrogen-bond acceptors (Lipinski definition) is 7. The Morgan fingerprint density at radius 1 is 1.14 bits per heavy atom. The van der Waals surface area contributed by atoms with Crippen molar-refractivity contribution in [3.05, 3.63) is 35.6 Å². The summed E-state index contributed by atoms with van der Waals surface area (Å²) in [7, 11) is -0.723. The number of carbonyl (C=O) groups is 2. The van der Waals surface area contributed by atoms with Crippen LogP contribution in [-0.2, 0) is 25.3 Å². The molecule has 4 heterocycles. The Balaban J connectivity index is 1.00. The molecule has 51 heavy (non-hydrogen) atoms. The Bertz CT molecular complexity index is 1550. The molecule has 7 fully saturated rings. The fraction of sp³-hybridized carbons (Fsp3) is 0.763. The van der Waals surface area contributed by atoms with Crippen molar-refractivity contribution in [1.82, 2.24) is 15.1 Å². The molecule has 3 saturated carbocycles. The lowest BCUT2D eigenvalue weighted by molar-refractivity contribution is -0.199. The van der Waals surface area contributed by atoms with Crippen LogP contribution in [0.3, 0.4) is 0 Å². The molecule has 4 bridgehead atoms. The lowest BCUT2D eigenvalue weighted by atomic mass is 9.43. The molecule has 0 spiro atoms. The number of halogens is 3. The van der Waals surface area contributed by atoms with E-state index in [0.717, 1.165) is 31.2 Å². The summed E-state index contributed by atoms with van der Waals surface area (Å²) in [5.74, 6) is -3.97. The van der Waals surface area contributed by atoms with Gasteiger partial charge in [-0.15, -0.1) is 0 Å². The standard InChI is InChI=1S/C38H52BF3N4O5/c1-34(2,45-17-16-38(41,42)22-45)13-10-25(21-43)32(47)46-28-11-14-37(46,15-12-28)23-49-33(48)44-31(18-24-6-8-27(40)9-7-24)39-50-30-20-26-19-29(35(26,3)4)36(30,5)51-39/h6-9,25-26,28-31H,10-20,22-23H2,1-5H3,(H,44,48)/t25?,26-,28?,29-,30+,31-,36-,37?/m0/s1. The molecule has 7 aliphatic rings. The van der Waals surface area contributed by atoms with Gasteiger partial charge in [0.15, 0.2) is 0 Å². The largest absolute Gasteiger partial charge is 0.482 e. The highest BCUT2D eigenvalue weighted by atomic mass is 19.3. The average Bonchev–Trinajstić information content (AvgIpc) is 3.84. The zero-order chi connectivity index (χ0) is 36.6. The van der Waals surface area contributed by atoms with E-state index in [1.807, 2.05) is 13.8 Å². The highest BCUT2D eigenvalue weighted by Gasteiger charge is 2.68. The van der Waals surface area contributed by atoms with E-state index in [4.69, 9.17) is 14.0 Å². The van der Waals surface area contributed by atoms with E-state index < -0.39 is 47.7 Å². The molecule has 13 heteroatoms. The van der Waals surface area contributed by atoms with Crippen molar-refractivity contribution in [2.24, 2.45) is 23.2 Å². The molecule has 278 valence electrons. The van der Waals surface area contributed by atoms with Gasteiger partial charge in [0.2, 0.25) is 5.91 Å². The summed E-state index contributed by atoms with van der Waals surface area (Å²) >= 11 is 0. The Labute approximate surface area is 300 Å². The van der Waals surface area contributed by atoms with Crippen LogP contribution in [0.4, 0.5) is 18.0 Å². The minimum atomic E-state index is -2.72. The van der Waals surface area contributed by atoms with Gasteiger partial charge in [-0.2, -0.15) is 5.26 Å². The number of carbonyl (C=O) groups excluding carboxylic acids is 2. The van der Waals surface area contributed by atoms with Gasteiger partial charge in [-0.05, 0) is 114 Å². The lowest BCUT2D eigenvalue weighted by Crippen LogP contribution is -2.65. The van der Waals surface area contributed by atoms with Crippen LogP contribution in [0.2, 0.25) is 0 Å². The molecular formula is C38H52BF3N4O5. The van der Waals surface area contributed by atoms with Crippen molar-refractivity contribution in [3.63, 3.8) is 0 Å². The smallest absolute Gasteiger partial charge is 0.447 e. The van der Waals surface area contributed by atoms with Crippen LogP contribution in [0.25, 0.3) is 0 Å². The van der Waals surface area contributed by atoms with E-state index >= 15 is 0 Å². The highest BCUT2D eigenvalue weighted by Crippen LogP contribution is 2.65. The molecule has 1 aromatic carbocycles. The molecule has 6 atom stereocenters. The maximum Gasteiger partial charge on any atom is 0.482 e. The number of nitrogens with one attached hydrogen (secondary N) is 1. The number of fused-ring (bicyclic) bond motifs is 2. The first-order chi connectivity index (χ1) is 24.0. The lowest BCUT2D eigenvalue weighted by Gasteiger charge is -2.64. The summed E-state index contributed by atoms with van der Waals surface area (Å²) in [6, 6.07) is 8.32. The van der Waals surface area contributed by atoms with Crippen molar-refractivity contribution in [3.8, 4) is 6.07 Å². The van der Waals surface area contributed by atoms with Crippen LogP contribution in [0.1, 0.15) is 98.0 Å². The molecule has 1 unspecified atom stereocenters. The molecule has 4 aliphatic heterocycles. The predicted octanol–water partition coefficient (Wildman–Crippen LogP) is 6.29. The van der Waals surface area contributed by atoms with Gasteiger partial charge >= 0.3 is 13.2 Å². The number of alkyl carbamates (subject to hydrolysis) is 1. The van der Waals surface area contributed by atoms with Gasteiger partial charge in [0, 0.05) is 24.5 Å². The summed E-state index contributed by atoms with van der Waals surface area (Å²) in [5.41, 5.74) is -0.807. The van der Waals surface area contributed by atoms with Crippen LogP contribution < -0.4 is 5.32 Å². The quantitative estimate of drug-likeness (QED) is 0.269. The second-order valence-electron chi connectivity index (χ2n) is 17.7. The number of rotatable bonds is 11. The summed E-state index contributed by atoms with van der Waals surface area (Å²) < 4.78 is 60.8. The zero-order valence-electron chi connectivity index (χ0n) is 30.6. The van der Waals surface area contributed by atoms with E-state index in [2.05, 4.69) is 32.2 Å².